The number of rotatable bonds is 2. The summed E-state index contributed by atoms with van der Waals surface area (Å²) in [5.41, 5.74) is 8.59. The van der Waals surface area contributed by atoms with Crippen molar-refractivity contribution in [2.45, 2.75) is 0 Å². The van der Waals surface area contributed by atoms with Crippen LogP contribution in [0, 0.1) is 0 Å². The van der Waals surface area contributed by atoms with E-state index in [0.29, 0.717) is 16.5 Å². The van der Waals surface area contributed by atoms with Crippen LogP contribution in [-0.2, 0) is 0 Å². The second kappa shape index (κ2) is 4.71. The molecule has 0 bridgehead atoms. The summed E-state index contributed by atoms with van der Waals surface area (Å²) in [4.78, 5) is 8.86. The van der Waals surface area contributed by atoms with Gasteiger partial charge in [-0.05, 0) is 40.2 Å². The summed E-state index contributed by atoms with van der Waals surface area (Å²) in [5, 5.41) is 0. The summed E-state index contributed by atoms with van der Waals surface area (Å²) in [6, 6.07) is 7.34. The van der Waals surface area contributed by atoms with Crippen LogP contribution < -0.4 is 5.73 Å². The monoisotopic (exact) mass is 333 g/mol. The highest BCUT2D eigenvalue weighted by Gasteiger charge is 2.10. The van der Waals surface area contributed by atoms with Crippen molar-refractivity contribution < 1.29 is 4.42 Å². The molecule has 2 aromatic heterocycles. The van der Waals surface area contributed by atoms with E-state index in [1.807, 2.05) is 24.3 Å². The zero-order chi connectivity index (χ0) is 13.4. The Morgan fingerprint density at radius 1 is 1.26 bits per heavy atom. The summed E-state index contributed by atoms with van der Waals surface area (Å²) >= 11 is 8.31. The van der Waals surface area contributed by atoms with Crippen molar-refractivity contribution in [1.82, 2.24) is 9.97 Å². The van der Waals surface area contributed by atoms with E-state index >= 15 is 0 Å². The summed E-state index contributed by atoms with van der Waals surface area (Å²) < 4.78 is 6.56. The van der Waals surface area contributed by atoms with Gasteiger partial charge < -0.3 is 10.2 Å². The van der Waals surface area contributed by atoms with Crippen molar-refractivity contribution in [2.75, 3.05) is 0 Å². The predicted octanol–water partition coefficient (Wildman–Crippen LogP) is 3.29. The van der Waals surface area contributed by atoms with Gasteiger partial charge in [-0.25, -0.2) is 4.98 Å². The SMILES string of the molecule is NC(=S)c1ccc2oc(-c3cncc(Br)c3)nc2c1. The topological polar surface area (TPSA) is 64.9 Å². The van der Waals surface area contributed by atoms with Crippen molar-refractivity contribution in [1.29, 1.82) is 0 Å². The van der Waals surface area contributed by atoms with Gasteiger partial charge in [0.1, 0.15) is 10.5 Å². The van der Waals surface area contributed by atoms with Gasteiger partial charge in [0.25, 0.3) is 0 Å². The van der Waals surface area contributed by atoms with Crippen LogP contribution in [0.5, 0.6) is 0 Å². The second-order valence-corrected chi connectivity index (χ2v) is 5.31. The average molecular weight is 334 g/mol. The van der Waals surface area contributed by atoms with E-state index in [-0.39, 0.29) is 0 Å². The fourth-order valence-corrected chi connectivity index (χ4v) is 2.22. The molecule has 0 amide bonds. The largest absolute Gasteiger partial charge is 0.436 e. The zero-order valence-corrected chi connectivity index (χ0v) is 12.0. The quantitative estimate of drug-likeness (QED) is 0.729. The number of benzene rings is 1. The number of nitrogens with two attached hydrogens (primary N) is 1. The lowest BCUT2D eigenvalue weighted by Crippen LogP contribution is -2.08. The molecule has 0 unspecified atom stereocenters. The number of hydrogen-bond donors (Lipinski definition) is 1. The molecule has 0 spiro atoms. The van der Waals surface area contributed by atoms with Gasteiger partial charge in [0, 0.05) is 22.4 Å². The minimum absolute atomic E-state index is 0.343. The molecule has 3 rings (SSSR count). The maximum atomic E-state index is 5.69. The first-order valence-corrected chi connectivity index (χ1v) is 6.65. The summed E-state index contributed by atoms with van der Waals surface area (Å²) in [6.45, 7) is 0. The fourth-order valence-electron chi connectivity index (χ4n) is 1.73. The third kappa shape index (κ3) is 2.36. The van der Waals surface area contributed by atoms with Crippen LogP contribution in [0.15, 0.2) is 45.5 Å². The number of aromatic nitrogens is 2. The Morgan fingerprint density at radius 2 is 2.11 bits per heavy atom. The van der Waals surface area contributed by atoms with Gasteiger partial charge in [0.15, 0.2) is 5.58 Å². The van der Waals surface area contributed by atoms with Crippen LogP contribution in [0.3, 0.4) is 0 Å². The molecule has 19 heavy (non-hydrogen) atoms. The van der Waals surface area contributed by atoms with Crippen molar-refractivity contribution in [3.63, 3.8) is 0 Å². The van der Waals surface area contributed by atoms with E-state index in [4.69, 9.17) is 22.4 Å². The minimum atomic E-state index is 0.343. The highest BCUT2D eigenvalue weighted by molar-refractivity contribution is 9.10. The number of fused-ring (bicyclic) bond motifs is 1. The molecule has 0 fully saturated rings. The molecule has 0 radical (unpaired) electrons. The van der Waals surface area contributed by atoms with Crippen LogP contribution in [0.25, 0.3) is 22.6 Å². The van der Waals surface area contributed by atoms with E-state index < -0.39 is 0 Å². The molecular weight excluding hydrogens is 326 g/mol. The second-order valence-electron chi connectivity index (χ2n) is 3.96. The fraction of sp³-hybridized carbons (Fsp3) is 0. The van der Waals surface area contributed by atoms with Crippen LogP contribution in [-0.4, -0.2) is 15.0 Å². The van der Waals surface area contributed by atoms with Crippen LogP contribution in [0.4, 0.5) is 0 Å². The molecule has 6 heteroatoms. The predicted molar refractivity (Wildman–Crippen MR) is 80.8 cm³/mol. The molecule has 3 aromatic rings. The van der Waals surface area contributed by atoms with Gasteiger partial charge in [0.05, 0.1) is 5.56 Å². The highest BCUT2D eigenvalue weighted by atomic mass is 79.9. The van der Waals surface area contributed by atoms with E-state index in [9.17, 15) is 0 Å². The molecule has 4 nitrogen and oxygen atoms in total. The van der Waals surface area contributed by atoms with Crippen LogP contribution in [0.1, 0.15) is 5.56 Å². The zero-order valence-electron chi connectivity index (χ0n) is 9.63. The van der Waals surface area contributed by atoms with Crippen molar-refractivity contribution >= 4 is 44.2 Å². The normalized spacial score (nSPS) is 10.8. The molecule has 1 aromatic carbocycles. The molecule has 0 aliphatic heterocycles. The lowest BCUT2D eigenvalue weighted by Gasteiger charge is -1.94. The smallest absolute Gasteiger partial charge is 0.228 e. The molecule has 0 saturated heterocycles. The summed E-state index contributed by atoms with van der Waals surface area (Å²) in [7, 11) is 0. The Labute approximate surface area is 122 Å². The molecule has 94 valence electrons. The van der Waals surface area contributed by atoms with Gasteiger partial charge in [-0.3, -0.25) is 4.98 Å². The Morgan fingerprint density at radius 3 is 2.84 bits per heavy atom. The molecule has 0 saturated carbocycles. The molecule has 0 aliphatic rings. The molecule has 2 N–H and O–H groups in total. The first kappa shape index (κ1) is 12.3. The van der Waals surface area contributed by atoms with Gasteiger partial charge in [0.2, 0.25) is 5.89 Å². The first-order valence-electron chi connectivity index (χ1n) is 5.45. The van der Waals surface area contributed by atoms with Gasteiger partial charge >= 0.3 is 0 Å². The number of oxazole rings is 1. The molecule has 0 atom stereocenters. The number of pyridine rings is 1. The number of nitrogens with zero attached hydrogens (tertiary/aromatic N) is 2. The maximum Gasteiger partial charge on any atom is 0.228 e. The van der Waals surface area contributed by atoms with E-state index in [1.165, 1.54) is 0 Å². The van der Waals surface area contributed by atoms with E-state index in [2.05, 4.69) is 25.9 Å². The number of halogens is 1. The van der Waals surface area contributed by atoms with Crippen LogP contribution >= 0.6 is 28.1 Å². The lowest BCUT2D eigenvalue weighted by molar-refractivity contribution is 0.619. The summed E-state index contributed by atoms with van der Waals surface area (Å²) in [5.74, 6) is 0.517. The molecule has 0 aliphatic carbocycles. The van der Waals surface area contributed by atoms with Crippen LogP contribution in [0.2, 0.25) is 0 Å². The van der Waals surface area contributed by atoms with Crippen molar-refractivity contribution in [2.24, 2.45) is 5.73 Å². The first-order chi connectivity index (χ1) is 9.13. The Kier molecular flexibility index (Phi) is 3.04. The Hall–Kier alpha value is -1.79. The highest BCUT2D eigenvalue weighted by Crippen LogP contribution is 2.26. The van der Waals surface area contributed by atoms with Gasteiger partial charge in [-0.15, -0.1) is 0 Å². The minimum Gasteiger partial charge on any atom is -0.436 e. The van der Waals surface area contributed by atoms with Gasteiger partial charge in [-0.1, -0.05) is 12.2 Å². The maximum absolute atomic E-state index is 5.69. The summed E-state index contributed by atoms with van der Waals surface area (Å²) in [6.07, 6.45) is 3.40. The number of hydrogen-bond acceptors (Lipinski definition) is 4. The Bertz CT molecular complexity index is 784. The molecular formula is C13H8BrN3OS. The standard InChI is InChI=1S/C13H8BrN3OS/c14-9-3-8(5-16-6-9)13-17-10-4-7(12(15)19)1-2-11(10)18-13/h1-6H,(H2,15,19). The lowest BCUT2D eigenvalue weighted by atomic mass is 10.2. The van der Waals surface area contributed by atoms with Crippen molar-refractivity contribution in [3.05, 3.63) is 46.7 Å². The molecule has 2 heterocycles. The van der Waals surface area contributed by atoms with Gasteiger partial charge in [-0.2, -0.15) is 0 Å². The van der Waals surface area contributed by atoms with E-state index in [0.717, 1.165) is 21.1 Å². The third-order valence-electron chi connectivity index (χ3n) is 2.62. The Balaban J connectivity index is 2.14. The number of thiocarbonyl (C=S) groups is 1. The van der Waals surface area contributed by atoms with E-state index in [1.54, 1.807) is 12.4 Å². The third-order valence-corrected chi connectivity index (χ3v) is 3.29. The van der Waals surface area contributed by atoms with Crippen molar-refractivity contribution in [3.8, 4) is 11.5 Å². The average Bonchev–Trinajstić information content (AvgIpc) is 2.81.